The van der Waals surface area contributed by atoms with Crippen molar-refractivity contribution in [2.24, 2.45) is 0 Å². The van der Waals surface area contributed by atoms with Gasteiger partial charge in [-0.15, -0.1) is 0 Å². The second-order valence-electron chi connectivity index (χ2n) is 7.90. The molecule has 2 aliphatic rings. The molecule has 2 fully saturated rings. The Bertz CT molecular complexity index is 1250. The number of pyridine rings is 1. The van der Waals surface area contributed by atoms with Crippen LogP contribution in [0.5, 0.6) is 0 Å². The van der Waals surface area contributed by atoms with Crippen LogP contribution in [0.2, 0.25) is 0 Å². The second-order valence-corrected chi connectivity index (χ2v) is 7.90. The Hall–Kier alpha value is -4.02. The molecule has 11 nitrogen and oxygen atoms in total. The van der Waals surface area contributed by atoms with Crippen molar-refractivity contribution < 1.29 is 9.59 Å². The maximum atomic E-state index is 11.9. The van der Waals surface area contributed by atoms with Gasteiger partial charge >= 0.3 is 6.03 Å². The van der Waals surface area contributed by atoms with Crippen LogP contribution in [-0.2, 0) is 4.79 Å². The van der Waals surface area contributed by atoms with Crippen molar-refractivity contribution in [3.05, 3.63) is 47.0 Å². The summed E-state index contributed by atoms with van der Waals surface area (Å²) in [6, 6.07) is 5.64. The van der Waals surface area contributed by atoms with Crippen LogP contribution in [0.1, 0.15) is 49.2 Å². The molecule has 1 aliphatic carbocycles. The van der Waals surface area contributed by atoms with Crippen LogP contribution < -0.4 is 21.3 Å². The number of carbonyl (C=O) groups excluding carboxylic acids is 2. The van der Waals surface area contributed by atoms with Gasteiger partial charge in [0.2, 0.25) is 11.9 Å². The number of nitrogens with zero attached hydrogens (tertiary/aromatic N) is 5. The quantitative estimate of drug-likeness (QED) is 0.328. The molecule has 3 aromatic heterocycles. The number of hydrogen-bond acceptors (Lipinski definition) is 8. The van der Waals surface area contributed by atoms with Gasteiger partial charge in [0.1, 0.15) is 5.70 Å². The SMILES string of the molecule is CCC(Nc1nc(NC2CC2)n2ncc(/C=C3\NC(=O)NC3=O)c2n1)c1cccc(C)n1. The van der Waals surface area contributed by atoms with Gasteiger partial charge in [-0.05, 0) is 44.4 Å². The monoisotopic (exact) mass is 433 g/mol. The van der Waals surface area contributed by atoms with Crippen molar-refractivity contribution in [2.75, 3.05) is 10.6 Å². The van der Waals surface area contributed by atoms with Crippen molar-refractivity contribution in [1.82, 2.24) is 35.2 Å². The average Bonchev–Trinajstić information content (AvgIpc) is 3.40. The Morgan fingerprint density at radius 2 is 2.06 bits per heavy atom. The molecule has 0 aromatic carbocycles. The van der Waals surface area contributed by atoms with Gasteiger partial charge in [0.15, 0.2) is 5.65 Å². The molecule has 1 atom stereocenters. The number of urea groups is 1. The summed E-state index contributed by atoms with van der Waals surface area (Å²) in [4.78, 5) is 37.4. The standard InChI is InChI=1S/C21H23N9O2/c1-3-14(15-6-4-5-11(2)23-15)25-19-27-17-12(9-16-18(31)28-21(32)26-16)10-22-30(17)20(29-19)24-13-7-8-13/h4-6,9-10,13-14H,3,7-8H2,1-2H3,(H2,24,25,27,29)(H2,26,28,31,32)/b16-9-. The highest BCUT2D eigenvalue weighted by molar-refractivity contribution is 6.14. The number of carbonyl (C=O) groups is 2. The largest absolute Gasteiger partial charge is 0.351 e. The summed E-state index contributed by atoms with van der Waals surface area (Å²) in [5.74, 6) is 0.502. The van der Waals surface area contributed by atoms with E-state index in [0.29, 0.717) is 29.1 Å². The normalized spacial score (nSPS) is 18.0. The van der Waals surface area contributed by atoms with E-state index < -0.39 is 11.9 Å². The van der Waals surface area contributed by atoms with Gasteiger partial charge in [-0.2, -0.15) is 19.6 Å². The summed E-state index contributed by atoms with van der Waals surface area (Å²) >= 11 is 0. The number of fused-ring (bicyclic) bond motifs is 1. The molecule has 164 valence electrons. The minimum absolute atomic E-state index is 0.0734. The van der Waals surface area contributed by atoms with E-state index in [1.54, 1.807) is 16.8 Å². The van der Waals surface area contributed by atoms with Crippen LogP contribution in [0.3, 0.4) is 0 Å². The summed E-state index contributed by atoms with van der Waals surface area (Å²) in [6.45, 7) is 4.03. The zero-order valence-corrected chi connectivity index (χ0v) is 17.7. The minimum atomic E-state index is -0.553. The molecule has 3 amide bonds. The second kappa shape index (κ2) is 7.91. The Kier molecular flexibility index (Phi) is 4.92. The maximum Gasteiger partial charge on any atom is 0.326 e. The lowest BCUT2D eigenvalue weighted by Crippen LogP contribution is -2.22. The van der Waals surface area contributed by atoms with Crippen LogP contribution in [0.25, 0.3) is 11.7 Å². The van der Waals surface area contributed by atoms with E-state index >= 15 is 0 Å². The topological polar surface area (TPSA) is 138 Å². The number of anilines is 2. The van der Waals surface area contributed by atoms with Crippen molar-refractivity contribution in [3.8, 4) is 0 Å². The lowest BCUT2D eigenvalue weighted by Gasteiger charge is -2.18. The summed E-state index contributed by atoms with van der Waals surface area (Å²) < 4.78 is 1.61. The fourth-order valence-electron chi connectivity index (χ4n) is 3.50. The molecule has 0 bridgehead atoms. The third-order valence-electron chi connectivity index (χ3n) is 5.30. The molecule has 0 spiro atoms. The van der Waals surface area contributed by atoms with Crippen LogP contribution >= 0.6 is 0 Å². The van der Waals surface area contributed by atoms with E-state index in [0.717, 1.165) is 30.7 Å². The van der Waals surface area contributed by atoms with E-state index in [9.17, 15) is 9.59 Å². The predicted octanol–water partition coefficient (Wildman–Crippen LogP) is 2.15. The van der Waals surface area contributed by atoms with Gasteiger partial charge in [0, 0.05) is 17.3 Å². The number of imide groups is 1. The van der Waals surface area contributed by atoms with E-state index in [1.165, 1.54) is 0 Å². The zero-order valence-electron chi connectivity index (χ0n) is 17.7. The van der Waals surface area contributed by atoms with Crippen LogP contribution in [0, 0.1) is 6.92 Å². The molecule has 0 radical (unpaired) electrons. The minimum Gasteiger partial charge on any atom is -0.351 e. The lowest BCUT2D eigenvalue weighted by atomic mass is 10.1. The van der Waals surface area contributed by atoms with Gasteiger partial charge in [-0.25, -0.2) is 4.79 Å². The molecular weight excluding hydrogens is 410 g/mol. The fourth-order valence-corrected chi connectivity index (χ4v) is 3.50. The predicted molar refractivity (Wildman–Crippen MR) is 118 cm³/mol. The van der Waals surface area contributed by atoms with Gasteiger partial charge in [0.25, 0.3) is 5.91 Å². The molecule has 1 saturated carbocycles. The first-order chi connectivity index (χ1) is 15.5. The molecule has 4 N–H and O–H groups in total. The number of aromatic nitrogens is 5. The van der Waals surface area contributed by atoms with E-state index in [1.807, 2.05) is 25.1 Å². The Morgan fingerprint density at radius 3 is 2.75 bits per heavy atom. The molecule has 4 heterocycles. The van der Waals surface area contributed by atoms with Gasteiger partial charge in [-0.3, -0.25) is 15.1 Å². The molecule has 1 aliphatic heterocycles. The highest BCUT2D eigenvalue weighted by Gasteiger charge is 2.26. The number of nitrogens with one attached hydrogen (secondary N) is 4. The molecular formula is C21H23N9O2. The van der Waals surface area contributed by atoms with E-state index in [2.05, 4.69) is 48.2 Å². The lowest BCUT2D eigenvalue weighted by molar-refractivity contribution is -0.115. The average molecular weight is 433 g/mol. The Balaban J connectivity index is 1.54. The third kappa shape index (κ3) is 3.96. The molecule has 3 aromatic rings. The summed E-state index contributed by atoms with van der Waals surface area (Å²) in [6.07, 6.45) is 6.08. The van der Waals surface area contributed by atoms with Crippen molar-refractivity contribution in [2.45, 2.75) is 45.2 Å². The van der Waals surface area contributed by atoms with E-state index in [-0.39, 0.29) is 11.7 Å². The summed E-state index contributed by atoms with van der Waals surface area (Å²) in [7, 11) is 0. The van der Waals surface area contributed by atoms with Gasteiger partial charge in [-0.1, -0.05) is 13.0 Å². The fraction of sp³-hybridized carbons (Fsp3) is 0.333. The number of rotatable bonds is 7. The smallest absolute Gasteiger partial charge is 0.326 e. The number of aryl methyl sites for hydroxylation is 1. The highest BCUT2D eigenvalue weighted by atomic mass is 16.2. The van der Waals surface area contributed by atoms with Crippen LogP contribution in [0.4, 0.5) is 16.7 Å². The van der Waals surface area contributed by atoms with Crippen molar-refractivity contribution in [3.63, 3.8) is 0 Å². The highest BCUT2D eigenvalue weighted by Crippen LogP contribution is 2.27. The molecule has 32 heavy (non-hydrogen) atoms. The Labute approximate surface area is 183 Å². The summed E-state index contributed by atoms with van der Waals surface area (Å²) in [5, 5.41) is 15.9. The van der Waals surface area contributed by atoms with Gasteiger partial charge < -0.3 is 16.0 Å². The Morgan fingerprint density at radius 1 is 1.22 bits per heavy atom. The summed E-state index contributed by atoms with van der Waals surface area (Å²) in [5.41, 5.74) is 3.10. The van der Waals surface area contributed by atoms with Gasteiger partial charge in [0.05, 0.1) is 17.9 Å². The first kappa shape index (κ1) is 19.9. The van der Waals surface area contributed by atoms with E-state index in [4.69, 9.17) is 0 Å². The first-order valence-corrected chi connectivity index (χ1v) is 10.6. The maximum absolute atomic E-state index is 11.9. The molecule has 1 unspecified atom stereocenters. The van der Waals surface area contributed by atoms with Crippen molar-refractivity contribution in [1.29, 1.82) is 0 Å². The van der Waals surface area contributed by atoms with Crippen molar-refractivity contribution >= 4 is 35.6 Å². The first-order valence-electron chi connectivity index (χ1n) is 10.6. The number of hydrogen-bond donors (Lipinski definition) is 4. The zero-order chi connectivity index (χ0) is 22.2. The van der Waals surface area contributed by atoms with Crippen LogP contribution in [-0.4, -0.2) is 42.5 Å². The molecule has 1 saturated heterocycles. The molecule has 5 rings (SSSR count). The third-order valence-corrected chi connectivity index (χ3v) is 5.30. The number of amides is 3. The molecule has 11 heteroatoms. The van der Waals surface area contributed by atoms with Crippen LogP contribution in [0.15, 0.2) is 30.1 Å².